The van der Waals surface area contributed by atoms with Gasteiger partial charge < -0.3 is 20.5 Å². The first-order valence-electron chi connectivity index (χ1n) is 7.32. The van der Waals surface area contributed by atoms with Gasteiger partial charge in [-0.25, -0.2) is 0 Å². The molecule has 2 amide bonds. The van der Waals surface area contributed by atoms with Crippen LogP contribution in [-0.2, 0) is 9.59 Å². The van der Waals surface area contributed by atoms with Gasteiger partial charge in [0.25, 0.3) is 11.8 Å². The van der Waals surface area contributed by atoms with E-state index in [1.54, 1.807) is 0 Å². The lowest BCUT2D eigenvalue weighted by Gasteiger charge is -2.36. The predicted molar refractivity (Wildman–Crippen MR) is 81.4 cm³/mol. The van der Waals surface area contributed by atoms with E-state index in [0.717, 1.165) is 11.1 Å². The van der Waals surface area contributed by atoms with Crippen LogP contribution in [0.4, 0.5) is 0 Å². The molecule has 1 heterocycles. The molecule has 1 aliphatic heterocycles. The first-order chi connectivity index (χ1) is 10.3. The smallest absolute Gasteiger partial charge is 0.260 e. The number of carbonyl (C=O) groups is 2. The van der Waals surface area contributed by atoms with Crippen LogP contribution in [0.25, 0.3) is 0 Å². The number of nitrogens with zero attached hydrogens (tertiary/aromatic N) is 1. The molecule has 1 aromatic rings. The summed E-state index contributed by atoms with van der Waals surface area (Å²) in [5.74, 6) is -0.392. The summed E-state index contributed by atoms with van der Waals surface area (Å²) < 4.78 is 5.57. The number of amides is 2. The molecule has 3 N–H and O–H groups in total. The second-order valence-corrected chi connectivity index (χ2v) is 5.87. The Labute approximate surface area is 129 Å². The standard InChI is InChI=1S/C16H22N2O4/c1-11-4-5-12(2)13(8-11)22-9-14(19)18-7-3-6-16(21,10-18)15(17)20/h4-5,8,21H,3,6-7,9-10H2,1-2H3,(H2,17,20)/t16-/m0/s1. The number of aliphatic hydroxyl groups is 1. The molecule has 1 aromatic carbocycles. The highest BCUT2D eigenvalue weighted by Crippen LogP contribution is 2.22. The van der Waals surface area contributed by atoms with Crippen molar-refractivity contribution in [2.75, 3.05) is 19.7 Å². The molecule has 1 aliphatic rings. The molecule has 6 nitrogen and oxygen atoms in total. The van der Waals surface area contributed by atoms with Crippen molar-refractivity contribution >= 4 is 11.8 Å². The van der Waals surface area contributed by atoms with E-state index in [-0.39, 0.29) is 25.5 Å². The Kier molecular flexibility index (Phi) is 4.71. The van der Waals surface area contributed by atoms with Gasteiger partial charge in [0.2, 0.25) is 0 Å². The van der Waals surface area contributed by atoms with Crippen LogP contribution in [0.2, 0.25) is 0 Å². The molecular weight excluding hydrogens is 284 g/mol. The summed E-state index contributed by atoms with van der Waals surface area (Å²) >= 11 is 0. The van der Waals surface area contributed by atoms with Crippen molar-refractivity contribution in [2.45, 2.75) is 32.3 Å². The minimum Gasteiger partial charge on any atom is -0.483 e. The SMILES string of the molecule is Cc1ccc(C)c(OCC(=O)N2CCC[C@@](O)(C(N)=O)C2)c1. The van der Waals surface area contributed by atoms with E-state index in [0.29, 0.717) is 18.7 Å². The molecule has 0 saturated carbocycles. The zero-order valence-electron chi connectivity index (χ0n) is 13.0. The van der Waals surface area contributed by atoms with Crippen molar-refractivity contribution in [3.05, 3.63) is 29.3 Å². The van der Waals surface area contributed by atoms with E-state index in [1.807, 2.05) is 32.0 Å². The third kappa shape index (κ3) is 3.57. The van der Waals surface area contributed by atoms with Gasteiger partial charge >= 0.3 is 0 Å². The Bertz CT molecular complexity index is 588. The lowest BCUT2D eigenvalue weighted by Crippen LogP contribution is -2.57. The molecule has 120 valence electrons. The summed E-state index contributed by atoms with van der Waals surface area (Å²) in [7, 11) is 0. The summed E-state index contributed by atoms with van der Waals surface area (Å²) in [6.45, 7) is 4.15. The second kappa shape index (κ2) is 6.36. The lowest BCUT2D eigenvalue weighted by atomic mass is 9.92. The maximum Gasteiger partial charge on any atom is 0.260 e. The Morgan fingerprint density at radius 3 is 2.82 bits per heavy atom. The number of nitrogens with two attached hydrogens (primary N) is 1. The van der Waals surface area contributed by atoms with Gasteiger partial charge in [-0.2, -0.15) is 0 Å². The number of rotatable bonds is 4. The number of primary amides is 1. The number of hydrogen-bond donors (Lipinski definition) is 2. The Balaban J connectivity index is 1.97. The van der Waals surface area contributed by atoms with Gasteiger partial charge in [-0.05, 0) is 43.9 Å². The fourth-order valence-corrected chi connectivity index (χ4v) is 2.54. The van der Waals surface area contributed by atoms with Gasteiger partial charge in [-0.3, -0.25) is 9.59 Å². The zero-order chi connectivity index (χ0) is 16.3. The van der Waals surface area contributed by atoms with Crippen LogP contribution < -0.4 is 10.5 Å². The molecule has 1 saturated heterocycles. The third-order valence-corrected chi connectivity index (χ3v) is 3.98. The molecule has 0 bridgehead atoms. The maximum atomic E-state index is 12.2. The molecule has 1 atom stereocenters. The van der Waals surface area contributed by atoms with Gasteiger partial charge in [0, 0.05) is 6.54 Å². The number of hydrogen-bond acceptors (Lipinski definition) is 4. The zero-order valence-corrected chi connectivity index (χ0v) is 13.0. The van der Waals surface area contributed by atoms with E-state index in [1.165, 1.54) is 4.90 Å². The van der Waals surface area contributed by atoms with Crippen molar-refractivity contribution < 1.29 is 19.4 Å². The lowest BCUT2D eigenvalue weighted by molar-refractivity contribution is -0.150. The van der Waals surface area contributed by atoms with Crippen molar-refractivity contribution in [1.82, 2.24) is 4.90 Å². The van der Waals surface area contributed by atoms with Gasteiger partial charge in [0.15, 0.2) is 12.2 Å². The minimum atomic E-state index is -1.63. The largest absolute Gasteiger partial charge is 0.483 e. The molecule has 0 aromatic heterocycles. The molecule has 6 heteroatoms. The van der Waals surface area contributed by atoms with Crippen LogP contribution >= 0.6 is 0 Å². The monoisotopic (exact) mass is 306 g/mol. The second-order valence-electron chi connectivity index (χ2n) is 5.87. The van der Waals surface area contributed by atoms with Crippen LogP contribution in [0, 0.1) is 13.8 Å². The van der Waals surface area contributed by atoms with Crippen LogP contribution in [-0.4, -0.2) is 47.1 Å². The van der Waals surface area contributed by atoms with Crippen LogP contribution in [0.5, 0.6) is 5.75 Å². The predicted octanol–water partition coefficient (Wildman–Crippen LogP) is 0.521. The molecule has 1 fully saturated rings. The molecule has 0 aliphatic carbocycles. The van der Waals surface area contributed by atoms with Crippen LogP contribution in [0.3, 0.4) is 0 Å². The normalized spacial score (nSPS) is 21.5. The average molecular weight is 306 g/mol. The van der Waals surface area contributed by atoms with E-state index >= 15 is 0 Å². The number of ether oxygens (including phenoxy) is 1. The fourth-order valence-electron chi connectivity index (χ4n) is 2.54. The summed E-state index contributed by atoms with van der Waals surface area (Å²) in [5.41, 5.74) is 5.58. The Morgan fingerprint density at radius 1 is 1.41 bits per heavy atom. The Hall–Kier alpha value is -2.08. The third-order valence-electron chi connectivity index (χ3n) is 3.98. The summed E-state index contributed by atoms with van der Waals surface area (Å²) in [6, 6.07) is 5.78. The highest BCUT2D eigenvalue weighted by atomic mass is 16.5. The first kappa shape index (κ1) is 16.3. The van der Waals surface area contributed by atoms with Crippen LogP contribution in [0.15, 0.2) is 18.2 Å². The van der Waals surface area contributed by atoms with Crippen molar-refractivity contribution in [3.8, 4) is 5.75 Å². The fraction of sp³-hybridized carbons (Fsp3) is 0.500. The number of likely N-dealkylation sites (tertiary alicyclic amines) is 1. The maximum absolute atomic E-state index is 12.2. The van der Waals surface area contributed by atoms with E-state index in [4.69, 9.17) is 10.5 Å². The first-order valence-corrected chi connectivity index (χ1v) is 7.32. The van der Waals surface area contributed by atoms with E-state index in [9.17, 15) is 14.7 Å². The minimum absolute atomic E-state index is 0.0721. The molecular formula is C16H22N2O4. The topological polar surface area (TPSA) is 92.9 Å². The number of aryl methyl sites for hydroxylation is 2. The van der Waals surface area contributed by atoms with Crippen molar-refractivity contribution in [1.29, 1.82) is 0 Å². The molecule has 0 radical (unpaired) electrons. The highest BCUT2D eigenvalue weighted by Gasteiger charge is 2.40. The number of benzene rings is 1. The van der Waals surface area contributed by atoms with Gasteiger partial charge in [0.1, 0.15) is 5.75 Å². The van der Waals surface area contributed by atoms with Gasteiger partial charge in [-0.1, -0.05) is 12.1 Å². The summed E-state index contributed by atoms with van der Waals surface area (Å²) in [5, 5.41) is 10.1. The number of carbonyl (C=O) groups excluding carboxylic acids is 2. The molecule has 2 rings (SSSR count). The Morgan fingerprint density at radius 2 is 2.14 bits per heavy atom. The van der Waals surface area contributed by atoms with Crippen molar-refractivity contribution in [3.63, 3.8) is 0 Å². The number of β-amino-alcohol motifs (C(OH)–C–C–N with tert-alkyl or cyclic N) is 1. The van der Waals surface area contributed by atoms with E-state index in [2.05, 4.69) is 0 Å². The average Bonchev–Trinajstić information content (AvgIpc) is 2.47. The molecule has 0 spiro atoms. The van der Waals surface area contributed by atoms with Gasteiger partial charge in [-0.15, -0.1) is 0 Å². The van der Waals surface area contributed by atoms with Crippen LogP contribution in [0.1, 0.15) is 24.0 Å². The molecule has 0 unspecified atom stereocenters. The summed E-state index contributed by atoms with van der Waals surface area (Å²) in [6.07, 6.45) is 0.818. The van der Waals surface area contributed by atoms with E-state index < -0.39 is 11.5 Å². The summed E-state index contributed by atoms with van der Waals surface area (Å²) in [4.78, 5) is 25.0. The number of piperidine rings is 1. The highest BCUT2D eigenvalue weighted by molar-refractivity contribution is 5.85. The molecule has 22 heavy (non-hydrogen) atoms. The van der Waals surface area contributed by atoms with Gasteiger partial charge in [0.05, 0.1) is 6.54 Å². The van der Waals surface area contributed by atoms with Crippen molar-refractivity contribution in [2.24, 2.45) is 5.73 Å². The quantitative estimate of drug-likeness (QED) is 0.848.